The average molecular weight is 399 g/mol. The number of likely N-dealkylation sites (tertiary alicyclic amines) is 1. The fourth-order valence-electron chi connectivity index (χ4n) is 4.03. The Morgan fingerprint density at radius 2 is 1.75 bits per heavy atom. The predicted molar refractivity (Wildman–Crippen MR) is 99.3 cm³/mol. The van der Waals surface area contributed by atoms with Gasteiger partial charge >= 0.3 is 12.3 Å². The van der Waals surface area contributed by atoms with E-state index in [0.717, 1.165) is 37.8 Å². The number of piperidine rings is 1. The van der Waals surface area contributed by atoms with Gasteiger partial charge in [-0.1, -0.05) is 0 Å². The molecule has 1 aromatic rings. The van der Waals surface area contributed by atoms with Crippen molar-refractivity contribution in [2.45, 2.75) is 71.3 Å². The molecule has 1 aliphatic heterocycles. The Hall–Kier alpha value is -1.92. The quantitative estimate of drug-likeness (QED) is 0.652. The summed E-state index contributed by atoms with van der Waals surface area (Å²) in [7, 11) is 0. The number of benzene rings is 1. The monoisotopic (exact) mass is 399 g/mol. The zero-order chi connectivity index (χ0) is 20.7. The number of amides is 1. The first-order valence-corrected chi connectivity index (χ1v) is 9.69. The molecule has 28 heavy (non-hydrogen) atoms. The van der Waals surface area contributed by atoms with Crippen LogP contribution in [0.15, 0.2) is 18.2 Å². The van der Waals surface area contributed by atoms with Crippen molar-refractivity contribution in [3.8, 4) is 5.75 Å². The lowest BCUT2D eigenvalue weighted by Crippen LogP contribution is -2.52. The number of hydrogen-bond donors (Lipinski definition) is 0. The van der Waals surface area contributed by atoms with Crippen LogP contribution in [0.4, 0.5) is 18.0 Å². The minimum Gasteiger partial charge on any atom is -0.490 e. The Morgan fingerprint density at radius 1 is 1.14 bits per heavy atom. The number of rotatable bonds is 2. The van der Waals surface area contributed by atoms with E-state index in [4.69, 9.17) is 9.47 Å². The van der Waals surface area contributed by atoms with E-state index >= 15 is 0 Å². The molecule has 1 heterocycles. The van der Waals surface area contributed by atoms with E-state index in [0.29, 0.717) is 24.4 Å². The summed E-state index contributed by atoms with van der Waals surface area (Å²) < 4.78 is 49.7. The first kappa shape index (κ1) is 20.8. The summed E-state index contributed by atoms with van der Waals surface area (Å²) in [5.74, 6) is 0.513. The molecule has 1 saturated heterocycles. The fourth-order valence-corrected chi connectivity index (χ4v) is 4.03. The molecule has 7 heteroatoms. The Bertz CT molecular complexity index is 723. The van der Waals surface area contributed by atoms with Crippen molar-refractivity contribution in [3.63, 3.8) is 0 Å². The number of carbonyl (C=O) groups is 1. The van der Waals surface area contributed by atoms with Gasteiger partial charge in [0.2, 0.25) is 0 Å². The molecule has 4 nitrogen and oxygen atoms in total. The number of hydrogen-bond acceptors (Lipinski definition) is 3. The first-order valence-electron chi connectivity index (χ1n) is 9.69. The van der Waals surface area contributed by atoms with Gasteiger partial charge in [0.05, 0.1) is 11.7 Å². The highest BCUT2D eigenvalue weighted by Gasteiger charge is 2.48. The highest BCUT2D eigenvalue weighted by atomic mass is 19.4. The summed E-state index contributed by atoms with van der Waals surface area (Å²) in [4.78, 5) is 13.9. The van der Waals surface area contributed by atoms with Gasteiger partial charge < -0.3 is 14.4 Å². The Kier molecular flexibility index (Phi) is 5.32. The van der Waals surface area contributed by atoms with E-state index in [1.54, 1.807) is 11.8 Å². The van der Waals surface area contributed by atoms with Crippen LogP contribution in [0.2, 0.25) is 0 Å². The highest BCUT2D eigenvalue weighted by Crippen LogP contribution is 2.50. The molecule has 0 unspecified atom stereocenters. The van der Waals surface area contributed by atoms with E-state index in [1.807, 2.05) is 20.8 Å². The number of carbonyl (C=O) groups excluding carboxylic acids is 1. The summed E-state index contributed by atoms with van der Waals surface area (Å²) in [5, 5.41) is 0. The molecule has 2 aliphatic rings. The smallest absolute Gasteiger partial charge is 0.416 e. The van der Waals surface area contributed by atoms with E-state index in [-0.39, 0.29) is 17.6 Å². The topological polar surface area (TPSA) is 38.8 Å². The minimum absolute atomic E-state index is 0.0171. The molecule has 156 valence electrons. The Balaban J connectivity index is 1.50. The molecule has 1 saturated carbocycles. The maximum absolute atomic E-state index is 12.8. The van der Waals surface area contributed by atoms with Gasteiger partial charge in [0.1, 0.15) is 11.4 Å². The number of nitrogens with zero attached hydrogens (tertiary/aromatic N) is 1. The summed E-state index contributed by atoms with van der Waals surface area (Å²) in [5.41, 5.74) is -0.489. The van der Waals surface area contributed by atoms with Crippen molar-refractivity contribution in [1.29, 1.82) is 0 Å². The number of halogens is 3. The Labute approximate surface area is 164 Å². The number of ether oxygens (including phenoxy) is 2. The van der Waals surface area contributed by atoms with Crippen LogP contribution in [0.25, 0.3) is 0 Å². The average Bonchev–Trinajstić information content (AvgIpc) is 2.53. The van der Waals surface area contributed by atoms with Crippen LogP contribution in [-0.4, -0.2) is 35.8 Å². The van der Waals surface area contributed by atoms with E-state index in [1.165, 1.54) is 6.07 Å². The summed E-state index contributed by atoms with van der Waals surface area (Å²) in [6.45, 7) is 8.54. The molecule has 0 N–H and O–H groups in total. The molecule has 0 atom stereocenters. The SMILES string of the molecule is Cc1cc(C(F)(F)F)ccc1OC1CC2(CCN(C(=O)OC(C)(C)C)CC2)C1. The largest absolute Gasteiger partial charge is 0.490 e. The third-order valence-electron chi connectivity index (χ3n) is 5.59. The molecule has 1 aliphatic carbocycles. The van der Waals surface area contributed by atoms with Crippen LogP contribution in [0.1, 0.15) is 57.6 Å². The molecule has 1 amide bonds. The first-order chi connectivity index (χ1) is 12.9. The maximum Gasteiger partial charge on any atom is 0.416 e. The van der Waals surface area contributed by atoms with Crippen molar-refractivity contribution in [2.75, 3.05) is 13.1 Å². The van der Waals surface area contributed by atoms with Gasteiger partial charge in [-0.05, 0) is 82.6 Å². The summed E-state index contributed by atoms with van der Waals surface area (Å²) in [6.07, 6.45) is -1.05. The van der Waals surface area contributed by atoms with E-state index in [9.17, 15) is 18.0 Å². The maximum atomic E-state index is 12.8. The van der Waals surface area contributed by atoms with Gasteiger partial charge in [0.15, 0.2) is 0 Å². The van der Waals surface area contributed by atoms with Crippen LogP contribution < -0.4 is 4.74 Å². The lowest BCUT2D eigenvalue weighted by Gasteiger charge is -2.51. The molecular weight excluding hydrogens is 371 g/mol. The standard InChI is InChI=1S/C21H28F3NO3/c1-14-11-15(21(22,23)24)5-6-17(14)27-16-12-20(13-16)7-9-25(10-8-20)18(26)28-19(2,3)4/h5-6,11,16H,7-10,12-13H2,1-4H3. The molecule has 1 spiro atoms. The van der Waals surface area contributed by atoms with Gasteiger partial charge in [0.25, 0.3) is 0 Å². The van der Waals surface area contributed by atoms with Gasteiger partial charge in [0, 0.05) is 13.1 Å². The van der Waals surface area contributed by atoms with Crippen molar-refractivity contribution in [1.82, 2.24) is 4.90 Å². The second-order valence-electron chi connectivity index (χ2n) is 9.09. The highest BCUT2D eigenvalue weighted by molar-refractivity contribution is 5.68. The van der Waals surface area contributed by atoms with E-state index in [2.05, 4.69) is 0 Å². The second-order valence-corrected chi connectivity index (χ2v) is 9.09. The summed E-state index contributed by atoms with van der Waals surface area (Å²) in [6, 6.07) is 3.60. The van der Waals surface area contributed by atoms with E-state index < -0.39 is 17.3 Å². The third kappa shape index (κ3) is 4.73. The van der Waals surface area contributed by atoms with Crippen LogP contribution in [0, 0.1) is 12.3 Å². The molecule has 0 aromatic heterocycles. The van der Waals surface area contributed by atoms with Gasteiger partial charge in [-0.25, -0.2) is 4.79 Å². The zero-order valence-corrected chi connectivity index (χ0v) is 16.9. The lowest BCUT2D eigenvalue weighted by atomic mass is 9.61. The van der Waals surface area contributed by atoms with Gasteiger partial charge in [-0.2, -0.15) is 13.2 Å². The lowest BCUT2D eigenvalue weighted by molar-refractivity contribution is -0.137. The normalized spacial score (nSPS) is 20.0. The molecular formula is C21H28F3NO3. The van der Waals surface area contributed by atoms with Gasteiger partial charge in [-0.15, -0.1) is 0 Å². The van der Waals surface area contributed by atoms with Crippen molar-refractivity contribution in [2.24, 2.45) is 5.41 Å². The Morgan fingerprint density at radius 3 is 2.25 bits per heavy atom. The van der Waals surface area contributed by atoms with Crippen LogP contribution in [0.5, 0.6) is 5.75 Å². The summed E-state index contributed by atoms with van der Waals surface area (Å²) >= 11 is 0. The number of alkyl halides is 3. The minimum atomic E-state index is -4.34. The second kappa shape index (κ2) is 7.16. The molecule has 3 rings (SSSR count). The van der Waals surface area contributed by atoms with Crippen molar-refractivity contribution >= 4 is 6.09 Å². The van der Waals surface area contributed by atoms with Gasteiger partial charge in [-0.3, -0.25) is 0 Å². The van der Waals surface area contributed by atoms with Crippen molar-refractivity contribution < 1.29 is 27.4 Å². The fraction of sp³-hybridized carbons (Fsp3) is 0.667. The molecule has 1 aromatic carbocycles. The third-order valence-corrected chi connectivity index (χ3v) is 5.59. The van der Waals surface area contributed by atoms with Crippen LogP contribution in [0.3, 0.4) is 0 Å². The van der Waals surface area contributed by atoms with Crippen LogP contribution >= 0.6 is 0 Å². The zero-order valence-electron chi connectivity index (χ0n) is 16.9. The molecule has 2 fully saturated rings. The molecule has 0 bridgehead atoms. The number of aryl methyl sites for hydroxylation is 1. The predicted octanol–water partition coefficient (Wildman–Crippen LogP) is 5.57. The van der Waals surface area contributed by atoms with Crippen molar-refractivity contribution in [3.05, 3.63) is 29.3 Å². The van der Waals surface area contributed by atoms with Crippen LogP contribution in [-0.2, 0) is 10.9 Å². The molecule has 0 radical (unpaired) electrons.